The molecule has 1 aliphatic rings. The fraction of sp³-hybridized carbons (Fsp3) is 0.200. The van der Waals surface area contributed by atoms with Gasteiger partial charge in [0.15, 0.2) is 0 Å². The first kappa shape index (κ1) is 17.0. The Hall–Kier alpha value is -3.48. The fourth-order valence-corrected chi connectivity index (χ4v) is 3.18. The Morgan fingerprint density at radius 2 is 2.07 bits per heavy atom. The van der Waals surface area contributed by atoms with Gasteiger partial charge in [0.1, 0.15) is 5.82 Å². The smallest absolute Gasteiger partial charge is 0.255 e. The maximum absolute atomic E-state index is 12.3. The number of aromatic amines is 1. The number of benzene rings is 1. The van der Waals surface area contributed by atoms with Gasteiger partial charge in [0.2, 0.25) is 11.9 Å². The lowest BCUT2D eigenvalue weighted by atomic mass is 10.2. The Kier molecular flexibility index (Phi) is 4.42. The molecule has 7 nitrogen and oxygen atoms in total. The number of fused-ring (bicyclic) bond motifs is 1. The van der Waals surface area contributed by atoms with Crippen molar-refractivity contribution < 1.29 is 4.79 Å². The highest BCUT2D eigenvalue weighted by molar-refractivity contribution is 6.01. The second-order valence-electron chi connectivity index (χ2n) is 6.48. The van der Waals surface area contributed by atoms with Gasteiger partial charge in [-0.25, -0.2) is 4.98 Å². The van der Waals surface area contributed by atoms with Gasteiger partial charge in [0.05, 0.1) is 11.4 Å². The minimum absolute atomic E-state index is 0.137. The summed E-state index contributed by atoms with van der Waals surface area (Å²) in [5.41, 5.74) is 3.06. The zero-order valence-corrected chi connectivity index (χ0v) is 14.9. The number of carbonyl (C=O) groups excluding carboxylic acids is 1. The van der Waals surface area contributed by atoms with E-state index in [9.17, 15) is 9.59 Å². The molecule has 0 spiro atoms. The molecular formula is C20H19N5O2. The number of aromatic nitrogens is 4. The van der Waals surface area contributed by atoms with Crippen molar-refractivity contribution in [2.24, 2.45) is 0 Å². The van der Waals surface area contributed by atoms with E-state index in [1.165, 1.54) is 10.8 Å². The van der Waals surface area contributed by atoms with E-state index in [-0.39, 0.29) is 11.5 Å². The second-order valence-corrected chi connectivity index (χ2v) is 6.48. The van der Waals surface area contributed by atoms with Crippen LogP contribution in [0.1, 0.15) is 28.9 Å². The van der Waals surface area contributed by atoms with E-state index in [1.807, 2.05) is 37.3 Å². The molecule has 0 aliphatic heterocycles. The van der Waals surface area contributed by atoms with Crippen molar-refractivity contribution >= 4 is 17.8 Å². The first-order valence-corrected chi connectivity index (χ1v) is 8.83. The summed E-state index contributed by atoms with van der Waals surface area (Å²) in [6, 6.07) is 11.3. The highest BCUT2D eigenvalue weighted by Crippen LogP contribution is 2.19. The lowest BCUT2D eigenvalue weighted by Crippen LogP contribution is -2.20. The van der Waals surface area contributed by atoms with Crippen LogP contribution in [0, 0.1) is 6.92 Å². The summed E-state index contributed by atoms with van der Waals surface area (Å²) in [4.78, 5) is 31.9. The van der Waals surface area contributed by atoms with Crippen LogP contribution in [0.5, 0.6) is 0 Å². The molecular weight excluding hydrogens is 342 g/mol. The number of nitrogens with one attached hydrogen (secondary N) is 2. The average molecular weight is 361 g/mol. The Balaban J connectivity index is 1.60. The predicted molar refractivity (Wildman–Crippen MR) is 103 cm³/mol. The van der Waals surface area contributed by atoms with Gasteiger partial charge < -0.3 is 5.32 Å². The van der Waals surface area contributed by atoms with E-state index in [2.05, 4.69) is 20.4 Å². The maximum atomic E-state index is 12.3. The van der Waals surface area contributed by atoms with Crippen LogP contribution < -0.4 is 10.9 Å². The molecule has 1 aliphatic carbocycles. The van der Waals surface area contributed by atoms with E-state index < -0.39 is 0 Å². The zero-order chi connectivity index (χ0) is 18.8. The molecule has 3 aromatic rings. The van der Waals surface area contributed by atoms with Crippen LogP contribution in [0.25, 0.3) is 12.0 Å². The molecule has 0 saturated heterocycles. The second kappa shape index (κ2) is 7.03. The highest BCUT2D eigenvalue weighted by atomic mass is 16.1. The molecule has 27 heavy (non-hydrogen) atoms. The highest BCUT2D eigenvalue weighted by Gasteiger charge is 2.19. The van der Waals surface area contributed by atoms with Gasteiger partial charge in [-0.1, -0.05) is 30.3 Å². The van der Waals surface area contributed by atoms with Crippen LogP contribution in [0.15, 0.2) is 47.3 Å². The number of hydrogen-bond acceptors (Lipinski definition) is 4. The molecule has 7 heteroatoms. The number of nitrogens with zero attached hydrogens (tertiary/aromatic N) is 3. The van der Waals surface area contributed by atoms with E-state index in [0.717, 1.165) is 36.1 Å². The number of anilines is 1. The summed E-state index contributed by atoms with van der Waals surface area (Å²) in [7, 11) is 0. The monoisotopic (exact) mass is 361 g/mol. The lowest BCUT2D eigenvalue weighted by molar-refractivity contribution is -0.111. The molecule has 0 unspecified atom stereocenters. The maximum Gasteiger partial charge on any atom is 0.255 e. The average Bonchev–Trinajstić information content (AvgIpc) is 3.27. The van der Waals surface area contributed by atoms with Gasteiger partial charge in [-0.3, -0.25) is 14.6 Å². The number of carbonyl (C=O) groups is 1. The van der Waals surface area contributed by atoms with Crippen LogP contribution in [-0.2, 0) is 17.6 Å². The first-order chi connectivity index (χ1) is 13.1. The van der Waals surface area contributed by atoms with Crippen molar-refractivity contribution in [3.05, 3.63) is 75.3 Å². The largest absolute Gasteiger partial charge is 0.307 e. The topological polar surface area (TPSA) is 92.7 Å². The quantitative estimate of drug-likeness (QED) is 0.698. The van der Waals surface area contributed by atoms with Gasteiger partial charge in [-0.2, -0.15) is 9.78 Å². The molecule has 4 rings (SSSR count). The van der Waals surface area contributed by atoms with Gasteiger partial charge in [0, 0.05) is 17.7 Å². The zero-order valence-electron chi connectivity index (χ0n) is 14.9. The first-order valence-electron chi connectivity index (χ1n) is 8.83. The summed E-state index contributed by atoms with van der Waals surface area (Å²) in [6.45, 7) is 1.82. The number of H-pyrrole nitrogens is 1. The summed E-state index contributed by atoms with van der Waals surface area (Å²) in [6.07, 6.45) is 5.66. The SMILES string of the molecule is Cc1cc(NC(=O)/C=C/c2ccccc2)n(-c2nc3c(c(=O)[nH]2)CCC3)n1. The Labute approximate surface area is 155 Å². The van der Waals surface area contributed by atoms with Crippen LogP contribution in [0.4, 0.5) is 5.82 Å². The summed E-state index contributed by atoms with van der Waals surface area (Å²) in [5.74, 6) is 0.482. The minimum atomic E-state index is -0.288. The molecule has 0 radical (unpaired) electrons. The Bertz CT molecular complexity index is 1080. The van der Waals surface area contributed by atoms with Gasteiger partial charge in [0.25, 0.3) is 5.56 Å². The van der Waals surface area contributed by atoms with Gasteiger partial charge in [-0.15, -0.1) is 0 Å². The number of hydrogen-bond donors (Lipinski definition) is 2. The van der Waals surface area contributed by atoms with Crippen LogP contribution in [0.2, 0.25) is 0 Å². The van der Waals surface area contributed by atoms with Crippen molar-refractivity contribution in [2.75, 3.05) is 5.32 Å². The summed E-state index contributed by atoms with van der Waals surface area (Å²) >= 11 is 0. The van der Waals surface area contributed by atoms with E-state index >= 15 is 0 Å². The van der Waals surface area contributed by atoms with Crippen molar-refractivity contribution in [2.45, 2.75) is 26.2 Å². The van der Waals surface area contributed by atoms with Crippen molar-refractivity contribution in [3.8, 4) is 5.95 Å². The molecule has 2 aromatic heterocycles. The molecule has 0 bridgehead atoms. The molecule has 0 fully saturated rings. The van der Waals surface area contributed by atoms with Gasteiger partial charge in [-0.05, 0) is 37.8 Å². The molecule has 1 aromatic carbocycles. The van der Waals surface area contributed by atoms with E-state index in [4.69, 9.17) is 0 Å². The van der Waals surface area contributed by atoms with Crippen LogP contribution >= 0.6 is 0 Å². The van der Waals surface area contributed by atoms with Crippen molar-refractivity contribution in [1.82, 2.24) is 19.7 Å². The molecule has 136 valence electrons. The third-order valence-corrected chi connectivity index (χ3v) is 4.44. The molecule has 2 N–H and O–H groups in total. The predicted octanol–water partition coefficient (Wildman–Crippen LogP) is 2.40. The molecule has 1 amide bonds. The number of rotatable bonds is 4. The van der Waals surface area contributed by atoms with E-state index in [1.54, 1.807) is 12.1 Å². The minimum Gasteiger partial charge on any atom is -0.307 e. The standard InChI is InChI=1S/C20H19N5O2/c1-13-12-17(22-18(26)11-10-14-6-3-2-4-7-14)25(24-13)20-21-16-9-5-8-15(16)19(27)23-20/h2-4,6-7,10-12H,5,8-9H2,1H3,(H,22,26)(H,21,23,27)/b11-10+. The van der Waals surface area contributed by atoms with E-state index in [0.29, 0.717) is 17.5 Å². The Morgan fingerprint density at radius 1 is 1.26 bits per heavy atom. The molecule has 2 heterocycles. The number of amides is 1. The summed E-state index contributed by atoms with van der Waals surface area (Å²) < 4.78 is 1.46. The molecule has 0 atom stereocenters. The summed E-state index contributed by atoms with van der Waals surface area (Å²) in [5, 5.41) is 7.16. The van der Waals surface area contributed by atoms with Crippen LogP contribution in [-0.4, -0.2) is 25.7 Å². The third kappa shape index (κ3) is 3.57. The van der Waals surface area contributed by atoms with Crippen molar-refractivity contribution in [1.29, 1.82) is 0 Å². The molecule has 0 saturated carbocycles. The van der Waals surface area contributed by atoms with Gasteiger partial charge >= 0.3 is 0 Å². The fourth-order valence-electron chi connectivity index (χ4n) is 3.18. The van der Waals surface area contributed by atoms with Crippen molar-refractivity contribution in [3.63, 3.8) is 0 Å². The lowest BCUT2D eigenvalue weighted by Gasteiger charge is -2.08. The normalized spacial score (nSPS) is 13.1. The third-order valence-electron chi connectivity index (χ3n) is 4.44. The number of aryl methyl sites for hydroxylation is 2. The Morgan fingerprint density at radius 3 is 2.89 bits per heavy atom. The van der Waals surface area contributed by atoms with Crippen LogP contribution in [0.3, 0.4) is 0 Å².